The van der Waals surface area contributed by atoms with Gasteiger partial charge in [-0.2, -0.15) is 0 Å². The largest absolute Gasteiger partial charge is 0.494 e. The molecule has 0 saturated carbocycles. The molecule has 0 bridgehead atoms. The lowest BCUT2D eigenvalue weighted by Crippen LogP contribution is -2.21. The molecule has 1 atom stereocenters. The number of fused-ring (bicyclic) bond motifs is 1. The lowest BCUT2D eigenvalue weighted by atomic mass is 10.2. The summed E-state index contributed by atoms with van der Waals surface area (Å²) in [6.07, 6.45) is 2.24. The molecule has 1 N–H and O–H groups in total. The lowest BCUT2D eigenvalue weighted by Gasteiger charge is -2.14. The summed E-state index contributed by atoms with van der Waals surface area (Å²) in [7, 11) is 0. The minimum absolute atomic E-state index is 0.205. The molecule has 21 heavy (non-hydrogen) atoms. The van der Waals surface area contributed by atoms with Gasteiger partial charge in [0.05, 0.1) is 12.6 Å². The Kier molecular flexibility index (Phi) is 4.20. The van der Waals surface area contributed by atoms with Crippen LogP contribution in [0.2, 0.25) is 0 Å². The molecule has 0 radical (unpaired) electrons. The summed E-state index contributed by atoms with van der Waals surface area (Å²) in [5.74, 6) is 3.10. The maximum Gasteiger partial charge on any atom is 0.149 e. The second kappa shape index (κ2) is 6.26. The standard InChI is InChI=1S/C16H22N4O/c1-3-21-14-8-6-13(7-9-14)11-17-12(2)16-19-18-15-5-4-10-20(15)16/h6-9,12,17H,3-5,10-11H2,1-2H3. The van der Waals surface area contributed by atoms with Gasteiger partial charge in [0.1, 0.15) is 17.4 Å². The van der Waals surface area contributed by atoms with Crippen molar-refractivity contribution in [1.82, 2.24) is 20.1 Å². The second-order valence-corrected chi connectivity index (χ2v) is 5.41. The number of benzene rings is 1. The van der Waals surface area contributed by atoms with Gasteiger partial charge >= 0.3 is 0 Å². The molecular weight excluding hydrogens is 264 g/mol. The Morgan fingerprint density at radius 3 is 2.86 bits per heavy atom. The number of aryl methyl sites for hydroxylation is 1. The first-order chi connectivity index (χ1) is 10.3. The lowest BCUT2D eigenvalue weighted by molar-refractivity contribution is 0.340. The van der Waals surface area contributed by atoms with Crippen LogP contribution in [0.4, 0.5) is 0 Å². The molecule has 3 rings (SSSR count). The van der Waals surface area contributed by atoms with E-state index in [9.17, 15) is 0 Å². The van der Waals surface area contributed by atoms with Crippen molar-refractivity contribution in [3.63, 3.8) is 0 Å². The van der Waals surface area contributed by atoms with E-state index in [-0.39, 0.29) is 6.04 Å². The predicted molar refractivity (Wildman–Crippen MR) is 81.2 cm³/mol. The van der Waals surface area contributed by atoms with Crippen molar-refractivity contribution in [3.8, 4) is 5.75 Å². The van der Waals surface area contributed by atoms with Gasteiger partial charge in [0, 0.05) is 19.5 Å². The van der Waals surface area contributed by atoms with E-state index in [0.717, 1.165) is 36.9 Å². The Bertz CT molecular complexity index is 591. The average Bonchev–Trinajstić information content (AvgIpc) is 3.09. The smallest absolute Gasteiger partial charge is 0.149 e. The van der Waals surface area contributed by atoms with Crippen molar-refractivity contribution < 1.29 is 4.74 Å². The zero-order valence-electron chi connectivity index (χ0n) is 12.7. The van der Waals surface area contributed by atoms with E-state index in [4.69, 9.17) is 4.74 Å². The molecule has 1 aromatic heterocycles. The van der Waals surface area contributed by atoms with Crippen LogP contribution in [0.5, 0.6) is 5.75 Å². The summed E-state index contributed by atoms with van der Waals surface area (Å²) in [5, 5.41) is 12.1. The normalized spacial score (nSPS) is 15.0. The minimum Gasteiger partial charge on any atom is -0.494 e. The fourth-order valence-corrected chi connectivity index (χ4v) is 2.73. The molecule has 0 saturated heterocycles. The highest BCUT2D eigenvalue weighted by Gasteiger charge is 2.20. The highest BCUT2D eigenvalue weighted by molar-refractivity contribution is 5.27. The topological polar surface area (TPSA) is 52.0 Å². The van der Waals surface area contributed by atoms with E-state index in [0.29, 0.717) is 6.61 Å². The van der Waals surface area contributed by atoms with E-state index in [1.54, 1.807) is 0 Å². The van der Waals surface area contributed by atoms with Gasteiger partial charge in [0.15, 0.2) is 0 Å². The van der Waals surface area contributed by atoms with Crippen molar-refractivity contribution in [3.05, 3.63) is 41.5 Å². The van der Waals surface area contributed by atoms with Gasteiger partial charge in [-0.3, -0.25) is 0 Å². The fraction of sp³-hybridized carbons (Fsp3) is 0.500. The van der Waals surface area contributed by atoms with Crippen molar-refractivity contribution in [2.45, 2.75) is 45.8 Å². The summed E-state index contributed by atoms with van der Waals surface area (Å²) in [4.78, 5) is 0. The van der Waals surface area contributed by atoms with Crippen LogP contribution < -0.4 is 10.1 Å². The van der Waals surface area contributed by atoms with Gasteiger partial charge in [-0.05, 0) is 38.0 Å². The monoisotopic (exact) mass is 286 g/mol. The van der Waals surface area contributed by atoms with Crippen LogP contribution in [-0.2, 0) is 19.5 Å². The molecule has 0 amide bonds. The van der Waals surface area contributed by atoms with Gasteiger partial charge in [-0.1, -0.05) is 12.1 Å². The second-order valence-electron chi connectivity index (χ2n) is 5.41. The van der Waals surface area contributed by atoms with E-state index in [2.05, 4.69) is 39.1 Å². The number of nitrogens with one attached hydrogen (secondary N) is 1. The van der Waals surface area contributed by atoms with E-state index >= 15 is 0 Å². The number of rotatable bonds is 6. The molecule has 1 unspecified atom stereocenters. The zero-order chi connectivity index (χ0) is 14.7. The third-order valence-electron chi connectivity index (χ3n) is 3.87. The highest BCUT2D eigenvalue weighted by Crippen LogP contribution is 2.19. The first-order valence-corrected chi connectivity index (χ1v) is 7.65. The van der Waals surface area contributed by atoms with Crippen molar-refractivity contribution >= 4 is 0 Å². The quantitative estimate of drug-likeness (QED) is 0.886. The molecule has 5 heteroatoms. The van der Waals surface area contributed by atoms with E-state index in [1.807, 2.05) is 19.1 Å². The van der Waals surface area contributed by atoms with Gasteiger partial charge < -0.3 is 14.6 Å². The fourth-order valence-electron chi connectivity index (χ4n) is 2.73. The predicted octanol–water partition coefficient (Wildman–Crippen LogP) is 2.47. The maximum absolute atomic E-state index is 5.45. The summed E-state index contributed by atoms with van der Waals surface area (Å²) in [5.41, 5.74) is 1.24. The van der Waals surface area contributed by atoms with Crippen LogP contribution in [0.25, 0.3) is 0 Å². The first kappa shape index (κ1) is 14.1. The molecule has 5 nitrogen and oxygen atoms in total. The number of aromatic nitrogens is 3. The maximum atomic E-state index is 5.45. The van der Waals surface area contributed by atoms with Crippen LogP contribution in [-0.4, -0.2) is 21.4 Å². The molecule has 0 aliphatic carbocycles. The molecule has 0 fully saturated rings. The highest BCUT2D eigenvalue weighted by atomic mass is 16.5. The summed E-state index contributed by atoms with van der Waals surface area (Å²) >= 11 is 0. The van der Waals surface area contributed by atoms with Crippen LogP contribution in [0.15, 0.2) is 24.3 Å². The van der Waals surface area contributed by atoms with Crippen molar-refractivity contribution in [2.75, 3.05) is 6.61 Å². The number of hydrogen-bond acceptors (Lipinski definition) is 4. The van der Waals surface area contributed by atoms with Gasteiger partial charge in [-0.25, -0.2) is 0 Å². The van der Waals surface area contributed by atoms with Crippen molar-refractivity contribution in [1.29, 1.82) is 0 Å². The van der Waals surface area contributed by atoms with Crippen LogP contribution in [0.3, 0.4) is 0 Å². The molecule has 1 aliphatic heterocycles. The Morgan fingerprint density at radius 2 is 2.10 bits per heavy atom. The summed E-state index contributed by atoms with van der Waals surface area (Å²) < 4.78 is 7.70. The Balaban J connectivity index is 1.59. The van der Waals surface area contributed by atoms with Gasteiger partial charge in [0.25, 0.3) is 0 Å². The Labute approximate surface area is 125 Å². The number of nitrogens with zero attached hydrogens (tertiary/aromatic N) is 3. The number of ether oxygens (including phenoxy) is 1. The third kappa shape index (κ3) is 3.08. The van der Waals surface area contributed by atoms with Crippen LogP contribution in [0, 0.1) is 0 Å². The van der Waals surface area contributed by atoms with Gasteiger partial charge in [0.2, 0.25) is 0 Å². The molecular formula is C16H22N4O. The molecule has 112 valence electrons. The summed E-state index contributed by atoms with van der Waals surface area (Å²) in [6.45, 7) is 6.70. The minimum atomic E-state index is 0.205. The molecule has 2 heterocycles. The van der Waals surface area contributed by atoms with E-state index in [1.165, 1.54) is 12.0 Å². The first-order valence-electron chi connectivity index (χ1n) is 7.65. The molecule has 1 aromatic carbocycles. The Morgan fingerprint density at radius 1 is 1.29 bits per heavy atom. The number of hydrogen-bond donors (Lipinski definition) is 1. The SMILES string of the molecule is CCOc1ccc(CNC(C)c2nnc3n2CCC3)cc1. The van der Waals surface area contributed by atoms with Crippen LogP contribution in [0.1, 0.15) is 43.5 Å². The molecule has 0 spiro atoms. The third-order valence-corrected chi connectivity index (χ3v) is 3.87. The Hall–Kier alpha value is -1.88. The molecule has 1 aliphatic rings. The zero-order valence-corrected chi connectivity index (χ0v) is 12.7. The van der Waals surface area contributed by atoms with Crippen LogP contribution >= 0.6 is 0 Å². The molecule has 2 aromatic rings. The average molecular weight is 286 g/mol. The summed E-state index contributed by atoms with van der Waals surface area (Å²) in [6, 6.07) is 8.42. The van der Waals surface area contributed by atoms with Crippen molar-refractivity contribution in [2.24, 2.45) is 0 Å². The van der Waals surface area contributed by atoms with Gasteiger partial charge in [-0.15, -0.1) is 10.2 Å². The van der Waals surface area contributed by atoms with E-state index < -0.39 is 0 Å².